The fourth-order valence-electron chi connectivity index (χ4n) is 3.28. The third-order valence-electron chi connectivity index (χ3n) is 4.81. The summed E-state index contributed by atoms with van der Waals surface area (Å²) < 4.78 is 0. The maximum atomic E-state index is 8.58. The Morgan fingerprint density at radius 1 is 0.958 bits per heavy atom. The number of hydrogen-bond acceptors (Lipinski definition) is 3. The summed E-state index contributed by atoms with van der Waals surface area (Å²) in [7, 11) is 0. The molecule has 130 valence electrons. The molecule has 1 fully saturated rings. The Kier molecular flexibility index (Phi) is 8.41. The van der Waals surface area contributed by atoms with Gasteiger partial charge in [0.15, 0.2) is 0 Å². The van der Waals surface area contributed by atoms with E-state index in [1.807, 2.05) is 12.1 Å². The molecule has 1 saturated heterocycles. The molecule has 3 heteroatoms. The summed E-state index contributed by atoms with van der Waals surface area (Å²) in [5.41, 5.74) is 2.38. The summed E-state index contributed by atoms with van der Waals surface area (Å²) in [6.07, 6.45) is 11.6. The van der Waals surface area contributed by atoms with E-state index in [9.17, 15) is 0 Å². The van der Waals surface area contributed by atoms with E-state index in [4.69, 9.17) is 5.26 Å². The molecule has 1 aliphatic rings. The molecular weight excluding hydrogens is 294 g/mol. The van der Waals surface area contributed by atoms with Gasteiger partial charge in [-0.3, -0.25) is 4.90 Å². The zero-order valence-corrected chi connectivity index (χ0v) is 15.1. The first kappa shape index (κ1) is 18.5. The minimum atomic E-state index is 1.09. The van der Waals surface area contributed by atoms with Gasteiger partial charge in [-0.15, -0.1) is 0 Å². The van der Waals surface area contributed by atoms with Gasteiger partial charge >= 0.3 is 0 Å². The van der Waals surface area contributed by atoms with Crippen LogP contribution in [0.2, 0.25) is 0 Å². The van der Waals surface area contributed by atoms with Crippen LogP contribution in [-0.4, -0.2) is 37.6 Å². The van der Waals surface area contributed by atoms with E-state index in [2.05, 4.69) is 41.0 Å². The van der Waals surface area contributed by atoms with Crippen molar-refractivity contribution in [2.45, 2.75) is 45.4 Å². The van der Waals surface area contributed by atoms with E-state index in [0.29, 0.717) is 0 Å². The van der Waals surface area contributed by atoms with Crippen molar-refractivity contribution in [3.63, 3.8) is 0 Å². The van der Waals surface area contributed by atoms with Gasteiger partial charge in [-0.2, -0.15) is 5.26 Å². The molecule has 1 aliphatic heterocycles. The maximum absolute atomic E-state index is 8.58. The Labute approximate surface area is 147 Å². The van der Waals surface area contributed by atoms with Gasteiger partial charge in [0.2, 0.25) is 0 Å². The monoisotopic (exact) mass is 325 g/mol. The number of nitrogens with zero attached hydrogens (tertiary/aromatic N) is 3. The highest BCUT2D eigenvalue weighted by atomic mass is 15.3. The first-order chi connectivity index (χ1) is 11.8. The van der Waals surface area contributed by atoms with Gasteiger partial charge in [0.25, 0.3) is 0 Å². The molecule has 0 atom stereocenters. The number of nitriles is 1. The highest BCUT2D eigenvalue weighted by Gasteiger charge is 2.16. The van der Waals surface area contributed by atoms with Crippen LogP contribution in [0, 0.1) is 11.3 Å². The number of anilines is 1. The quantitative estimate of drug-likeness (QED) is 0.487. The second-order valence-corrected chi connectivity index (χ2v) is 6.65. The second-order valence-electron chi connectivity index (χ2n) is 6.65. The summed E-state index contributed by atoms with van der Waals surface area (Å²) in [4.78, 5) is 5.08. The second kappa shape index (κ2) is 10.9. The van der Waals surface area contributed by atoms with Crippen molar-refractivity contribution in [2.24, 2.45) is 0 Å². The van der Waals surface area contributed by atoms with Crippen molar-refractivity contribution in [1.29, 1.82) is 5.26 Å². The zero-order valence-electron chi connectivity index (χ0n) is 15.1. The molecule has 3 nitrogen and oxygen atoms in total. The van der Waals surface area contributed by atoms with Gasteiger partial charge in [-0.25, -0.2) is 0 Å². The van der Waals surface area contributed by atoms with Gasteiger partial charge in [0.1, 0.15) is 0 Å². The fraction of sp³-hybridized carbons (Fsp3) is 0.571. The Morgan fingerprint density at radius 3 is 2.29 bits per heavy atom. The zero-order chi connectivity index (χ0) is 17.0. The summed E-state index contributed by atoms with van der Waals surface area (Å²) in [5, 5.41) is 8.58. The molecule has 2 rings (SSSR count). The summed E-state index contributed by atoms with van der Waals surface area (Å²) >= 11 is 0. The van der Waals surface area contributed by atoms with Crippen LogP contribution in [-0.2, 0) is 0 Å². The lowest BCUT2D eigenvalue weighted by Crippen LogP contribution is -2.46. The highest BCUT2D eigenvalue weighted by molar-refractivity contribution is 5.57. The largest absolute Gasteiger partial charge is 0.369 e. The maximum Gasteiger partial charge on any atom is 0.0912 e. The molecule has 1 aromatic carbocycles. The topological polar surface area (TPSA) is 30.3 Å². The minimum Gasteiger partial charge on any atom is -0.369 e. The predicted octanol–water partition coefficient (Wildman–Crippen LogP) is 4.71. The molecule has 0 aliphatic carbocycles. The van der Waals surface area contributed by atoms with Crippen molar-refractivity contribution in [1.82, 2.24) is 4.90 Å². The Hall–Kier alpha value is -1.79. The first-order valence-electron chi connectivity index (χ1n) is 9.47. The van der Waals surface area contributed by atoms with Crippen LogP contribution in [0.1, 0.15) is 51.0 Å². The van der Waals surface area contributed by atoms with Crippen molar-refractivity contribution in [3.05, 3.63) is 35.9 Å². The van der Waals surface area contributed by atoms with E-state index >= 15 is 0 Å². The van der Waals surface area contributed by atoms with Crippen LogP contribution in [0.15, 0.2) is 30.3 Å². The summed E-state index contributed by atoms with van der Waals surface area (Å²) in [6, 6.07) is 10.5. The molecule has 0 N–H and O–H groups in total. The third kappa shape index (κ3) is 6.37. The van der Waals surface area contributed by atoms with Crippen molar-refractivity contribution >= 4 is 11.8 Å². The van der Waals surface area contributed by atoms with E-state index in [-0.39, 0.29) is 0 Å². The third-order valence-corrected chi connectivity index (χ3v) is 4.81. The predicted molar refractivity (Wildman–Crippen MR) is 103 cm³/mol. The van der Waals surface area contributed by atoms with Gasteiger partial charge in [-0.05, 0) is 36.7 Å². The van der Waals surface area contributed by atoms with Gasteiger partial charge in [0.05, 0.1) is 6.07 Å². The molecule has 0 spiro atoms. The average molecular weight is 326 g/mol. The van der Waals surface area contributed by atoms with Crippen LogP contribution in [0.5, 0.6) is 0 Å². The number of hydrogen-bond donors (Lipinski definition) is 0. The molecule has 1 aromatic rings. The van der Waals surface area contributed by atoms with Crippen molar-refractivity contribution in [3.8, 4) is 6.07 Å². The van der Waals surface area contributed by atoms with Gasteiger partial charge in [-0.1, -0.05) is 51.2 Å². The number of unbranched alkanes of at least 4 members (excludes halogenated alkanes) is 5. The van der Waals surface area contributed by atoms with E-state index < -0.39 is 0 Å². The standard InChI is InChI=1S/C21H31N3/c1-2-3-4-5-6-7-15-23-16-18-24(19-17-23)21-12-10-20(11-13-21)9-8-14-22/h8-13H,2-7,15-19H2,1H3/b9-8+. The Bertz CT molecular complexity index is 519. The number of allylic oxidation sites excluding steroid dienone is 1. The van der Waals surface area contributed by atoms with E-state index in [1.54, 1.807) is 0 Å². The molecular formula is C21H31N3. The van der Waals surface area contributed by atoms with Crippen LogP contribution in [0.3, 0.4) is 0 Å². The smallest absolute Gasteiger partial charge is 0.0912 e. The number of rotatable bonds is 9. The normalized spacial score (nSPS) is 15.8. The van der Waals surface area contributed by atoms with Crippen LogP contribution >= 0.6 is 0 Å². The fourth-order valence-corrected chi connectivity index (χ4v) is 3.28. The SMILES string of the molecule is CCCCCCCCN1CCN(c2ccc(/C=C/C#N)cc2)CC1. The lowest BCUT2D eigenvalue weighted by atomic mass is 10.1. The van der Waals surface area contributed by atoms with Gasteiger partial charge in [0, 0.05) is 37.9 Å². The average Bonchev–Trinajstić information content (AvgIpc) is 2.64. The lowest BCUT2D eigenvalue weighted by Gasteiger charge is -2.36. The highest BCUT2D eigenvalue weighted by Crippen LogP contribution is 2.18. The van der Waals surface area contributed by atoms with Crippen molar-refractivity contribution < 1.29 is 0 Å². The van der Waals surface area contributed by atoms with Crippen molar-refractivity contribution in [2.75, 3.05) is 37.6 Å². The van der Waals surface area contributed by atoms with E-state index in [1.165, 1.54) is 69.9 Å². The number of benzene rings is 1. The molecule has 0 unspecified atom stereocenters. The van der Waals surface area contributed by atoms with E-state index in [0.717, 1.165) is 18.7 Å². The molecule has 0 radical (unpaired) electrons. The van der Waals surface area contributed by atoms with Crippen LogP contribution in [0.4, 0.5) is 5.69 Å². The molecule has 0 bridgehead atoms. The molecule has 0 amide bonds. The minimum absolute atomic E-state index is 1.09. The molecule has 1 heterocycles. The Balaban J connectivity index is 1.67. The summed E-state index contributed by atoms with van der Waals surface area (Å²) in [5.74, 6) is 0. The van der Waals surface area contributed by atoms with Crippen LogP contribution < -0.4 is 4.90 Å². The lowest BCUT2D eigenvalue weighted by molar-refractivity contribution is 0.252. The first-order valence-corrected chi connectivity index (χ1v) is 9.47. The Morgan fingerprint density at radius 2 is 1.62 bits per heavy atom. The molecule has 0 saturated carbocycles. The summed E-state index contributed by atoms with van der Waals surface area (Å²) in [6.45, 7) is 8.11. The molecule has 0 aromatic heterocycles. The molecule has 24 heavy (non-hydrogen) atoms. The number of piperazine rings is 1. The van der Waals surface area contributed by atoms with Gasteiger partial charge < -0.3 is 4.90 Å². The van der Waals surface area contributed by atoms with Crippen LogP contribution in [0.25, 0.3) is 6.08 Å².